The van der Waals surface area contributed by atoms with Crippen molar-refractivity contribution in [2.75, 3.05) is 6.61 Å². The minimum Gasteiger partial charge on any atom is -0.478 e. The molecule has 7 N–H and O–H groups in total. The van der Waals surface area contributed by atoms with E-state index in [9.17, 15) is 29.7 Å². The van der Waals surface area contributed by atoms with E-state index in [1.807, 2.05) is 5.32 Å². The van der Waals surface area contributed by atoms with Crippen LogP contribution in [0.15, 0.2) is 24.3 Å². The van der Waals surface area contributed by atoms with Gasteiger partial charge in [0.2, 0.25) is 0 Å². The molecule has 1 saturated heterocycles. The van der Waals surface area contributed by atoms with E-state index in [1.54, 1.807) is 0 Å². The fourth-order valence-corrected chi connectivity index (χ4v) is 2.33. The van der Waals surface area contributed by atoms with Gasteiger partial charge in [-0.15, -0.1) is 0 Å². The number of ether oxygens (including phenoxy) is 1. The number of nitrogens with one attached hydrogen (secondary N) is 2. The van der Waals surface area contributed by atoms with Gasteiger partial charge in [0, 0.05) is 5.56 Å². The van der Waals surface area contributed by atoms with Gasteiger partial charge in [0.25, 0.3) is 5.91 Å². The van der Waals surface area contributed by atoms with E-state index in [0.29, 0.717) is 0 Å². The first-order valence-corrected chi connectivity index (χ1v) is 7.50. The third-order valence-corrected chi connectivity index (χ3v) is 3.79. The van der Waals surface area contributed by atoms with Crippen molar-refractivity contribution in [1.29, 1.82) is 0 Å². The minimum absolute atomic E-state index is 0.0129. The Morgan fingerprint density at radius 1 is 0.962 bits per heavy atom. The standard InChI is InChI=1S/C15H18N2O9/c18-5-8-9(19)10(20)11(21)13(26-8)17-15(25)16-12(22)6-1-3-7(4-2-6)14(23)24/h1-4,8-11,13,18-21H,5H2,(H,23,24)(H2,16,17,22,25)/t8-,9-,10+,11-,13-/m1/s1. The molecule has 0 spiro atoms. The van der Waals surface area contributed by atoms with E-state index in [-0.39, 0.29) is 11.1 Å². The van der Waals surface area contributed by atoms with Gasteiger partial charge in [-0.05, 0) is 24.3 Å². The lowest BCUT2D eigenvalue weighted by molar-refractivity contribution is -0.233. The monoisotopic (exact) mass is 370 g/mol. The number of hydrogen-bond donors (Lipinski definition) is 7. The van der Waals surface area contributed by atoms with E-state index in [0.717, 1.165) is 0 Å². The number of hydrogen-bond acceptors (Lipinski definition) is 8. The first kappa shape index (κ1) is 19.8. The van der Waals surface area contributed by atoms with Crippen LogP contribution in [0.25, 0.3) is 0 Å². The Bertz CT molecular complexity index is 676. The summed E-state index contributed by atoms with van der Waals surface area (Å²) in [6, 6.07) is 3.72. The average molecular weight is 370 g/mol. The third kappa shape index (κ3) is 4.33. The molecule has 1 aliphatic rings. The molecule has 2 rings (SSSR count). The van der Waals surface area contributed by atoms with Crippen LogP contribution in [0, 0.1) is 0 Å². The van der Waals surface area contributed by atoms with E-state index in [1.165, 1.54) is 24.3 Å². The molecule has 1 aromatic rings. The van der Waals surface area contributed by atoms with Crippen LogP contribution in [-0.2, 0) is 4.74 Å². The Morgan fingerprint density at radius 3 is 2.08 bits per heavy atom. The molecule has 1 aromatic carbocycles. The van der Waals surface area contributed by atoms with Gasteiger partial charge >= 0.3 is 12.0 Å². The number of aliphatic hydroxyl groups is 4. The molecule has 0 bridgehead atoms. The summed E-state index contributed by atoms with van der Waals surface area (Å²) in [5.41, 5.74) is -0.0220. The molecule has 0 radical (unpaired) electrons. The molecular formula is C15H18N2O9. The van der Waals surface area contributed by atoms with Crippen molar-refractivity contribution in [2.45, 2.75) is 30.6 Å². The van der Waals surface area contributed by atoms with Gasteiger partial charge in [0.15, 0.2) is 6.23 Å². The number of carbonyl (C=O) groups excluding carboxylic acids is 2. The third-order valence-electron chi connectivity index (χ3n) is 3.79. The molecule has 5 atom stereocenters. The highest BCUT2D eigenvalue weighted by Gasteiger charge is 2.44. The Morgan fingerprint density at radius 2 is 1.54 bits per heavy atom. The van der Waals surface area contributed by atoms with Gasteiger partial charge < -0.3 is 35.6 Å². The summed E-state index contributed by atoms with van der Waals surface area (Å²) in [5.74, 6) is -2.01. The zero-order valence-electron chi connectivity index (χ0n) is 13.3. The summed E-state index contributed by atoms with van der Waals surface area (Å²) < 4.78 is 5.07. The van der Waals surface area contributed by atoms with Crippen molar-refractivity contribution in [2.24, 2.45) is 0 Å². The van der Waals surface area contributed by atoms with Crippen LogP contribution in [0.1, 0.15) is 20.7 Å². The van der Waals surface area contributed by atoms with Crippen molar-refractivity contribution < 1.29 is 44.7 Å². The number of urea groups is 1. The molecule has 11 heteroatoms. The average Bonchev–Trinajstić information content (AvgIpc) is 2.62. The summed E-state index contributed by atoms with van der Waals surface area (Å²) >= 11 is 0. The SMILES string of the molecule is O=C(NC(=O)c1ccc(C(=O)O)cc1)N[C@@H]1O[C@H](CO)[C@@H](O)[C@H](O)[C@H]1O. The second-order valence-corrected chi connectivity index (χ2v) is 5.56. The Kier molecular flexibility index (Phi) is 6.23. The molecule has 3 amide bonds. The highest BCUT2D eigenvalue weighted by Crippen LogP contribution is 2.19. The quantitative estimate of drug-likeness (QED) is 0.304. The highest BCUT2D eigenvalue weighted by molar-refractivity contribution is 6.04. The number of carbonyl (C=O) groups is 3. The second-order valence-electron chi connectivity index (χ2n) is 5.56. The zero-order valence-corrected chi connectivity index (χ0v) is 13.3. The Labute approximate surface area is 146 Å². The molecule has 0 saturated carbocycles. The summed E-state index contributed by atoms with van der Waals surface area (Å²) in [5, 5.41) is 51.0. The molecule has 0 unspecified atom stereocenters. The maximum Gasteiger partial charge on any atom is 0.335 e. The van der Waals surface area contributed by atoms with Gasteiger partial charge in [0.1, 0.15) is 24.4 Å². The number of carboxylic acids is 1. The molecule has 1 fully saturated rings. The fourth-order valence-electron chi connectivity index (χ4n) is 2.33. The van der Waals surface area contributed by atoms with Crippen molar-refractivity contribution in [3.05, 3.63) is 35.4 Å². The van der Waals surface area contributed by atoms with Crippen molar-refractivity contribution in [3.63, 3.8) is 0 Å². The minimum atomic E-state index is -1.69. The van der Waals surface area contributed by atoms with Crippen LogP contribution in [0.2, 0.25) is 0 Å². The summed E-state index contributed by atoms with van der Waals surface area (Å²) in [6.07, 6.45) is -7.63. The maximum atomic E-state index is 11.9. The van der Waals surface area contributed by atoms with Gasteiger partial charge in [-0.3, -0.25) is 10.1 Å². The Balaban J connectivity index is 1.97. The largest absolute Gasteiger partial charge is 0.478 e. The number of aliphatic hydroxyl groups excluding tert-OH is 4. The molecule has 26 heavy (non-hydrogen) atoms. The number of amides is 3. The van der Waals surface area contributed by atoms with Crippen LogP contribution in [0.3, 0.4) is 0 Å². The molecular weight excluding hydrogens is 352 g/mol. The predicted molar refractivity (Wildman–Crippen MR) is 83.2 cm³/mol. The highest BCUT2D eigenvalue weighted by atomic mass is 16.6. The number of rotatable bonds is 4. The smallest absolute Gasteiger partial charge is 0.335 e. The lowest BCUT2D eigenvalue weighted by atomic mass is 9.98. The molecule has 142 valence electrons. The van der Waals surface area contributed by atoms with Gasteiger partial charge in [-0.2, -0.15) is 0 Å². The normalized spacial score (nSPS) is 28.2. The van der Waals surface area contributed by atoms with Crippen LogP contribution in [0.4, 0.5) is 4.79 Å². The fraction of sp³-hybridized carbons (Fsp3) is 0.400. The first-order valence-electron chi connectivity index (χ1n) is 7.50. The van der Waals surface area contributed by atoms with Crippen LogP contribution >= 0.6 is 0 Å². The molecule has 0 aromatic heterocycles. The van der Waals surface area contributed by atoms with Crippen molar-refractivity contribution in [3.8, 4) is 0 Å². The van der Waals surface area contributed by atoms with Crippen LogP contribution in [-0.4, -0.2) is 80.7 Å². The Hall–Kier alpha value is -2.57. The van der Waals surface area contributed by atoms with Gasteiger partial charge in [-0.1, -0.05) is 0 Å². The molecule has 11 nitrogen and oxygen atoms in total. The van der Waals surface area contributed by atoms with E-state index in [4.69, 9.17) is 14.9 Å². The number of benzene rings is 1. The topological polar surface area (TPSA) is 186 Å². The van der Waals surface area contributed by atoms with Gasteiger partial charge in [-0.25, -0.2) is 9.59 Å². The molecule has 1 aliphatic heterocycles. The van der Waals surface area contributed by atoms with Gasteiger partial charge in [0.05, 0.1) is 12.2 Å². The molecule has 0 aliphatic carbocycles. The molecule has 1 heterocycles. The van der Waals surface area contributed by atoms with Crippen LogP contribution < -0.4 is 10.6 Å². The maximum absolute atomic E-state index is 11.9. The van der Waals surface area contributed by atoms with Crippen LogP contribution in [0.5, 0.6) is 0 Å². The number of carboxylic acid groups (broad SMARTS) is 1. The predicted octanol–water partition coefficient (Wildman–Crippen LogP) is -2.38. The van der Waals surface area contributed by atoms with Crippen molar-refractivity contribution in [1.82, 2.24) is 10.6 Å². The summed E-state index contributed by atoms with van der Waals surface area (Å²) in [4.78, 5) is 34.6. The zero-order chi connectivity index (χ0) is 19.4. The first-order chi connectivity index (χ1) is 12.2. The summed E-state index contributed by atoms with van der Waals surface area (Å²) in [6.45, 7) is -0.667. The van der Waals surface area contributed by atoms with Crippen molar-refractivity contribution >= 4 is 17.9 Å². The van der Waals surface area contributed by atoms with E-state index >= 15 is 0 Å². The summed E-state index contributed by atoms with van der Waals surface area (Å²) in [7, 11) is 0. The lowest BCUT2D eigenvalue weighted by Gasteiger charge is -2.39. The number of imide groups is 1. The van der Waals surface area contributed by atoms with E-state index < -0.39 is 55.2 Å². The number of aromatic carboxylic acids is 1. The lowest BCUT2D eigenvalue weighted by Crippen LogP contribution is -2.64. The van der Waals surface area contributed by atoms with E-state index in [2.05, 4.69) is 5.32 Å². The second kappa shape index (κ2) is 8.21.